The van der Waals surface area contributed by atoms with Crippen LogP contribution in [0.3, 0.4) is 0 Å². The van der Waals surface area contributed by atoms with Crippen molar-refractivity contribution in [2.75, 3.05) is 35.2 Å². The number of nitrogens with one attached hydrogen (secondary N) is 3. The molecule has 0 radical (unpaired) electrons. The van der Waals surface area contributed by atoms with Gasteiger partial charge in [0.05, 0.1) is 0 Å². The lowest BCUT2D eigenvalue weighted by Crippen LogP contribution is -2.63. The maximum absolute atomic E-state index is 14.9. The molecule has 0 aliphatic rings. The summed E-state index contributed by atoms with van der Waals surface area (Å²) in [6.07, 6.45) is 1.79. The molecule has 20 heteroatoms. The number of carboxylic acids is 1. The summed E-state index contributed by atoms with van der Waals surface area (Å²) >= 11 is 0. The van der Waals surface area contributed by atoms with Gasteiger partial charge < -0.3 is 51.3 Å². The third kappa shape index (κ3) is 18.3. The second kappa shape index (κ2) is 30.7. The molecule has 0 fully saturated rings. The highest BCUT2D eigenvalue weighted by Gasteiger charge is 2.45. The number of carbonyl (C=O) groups is 10. The van der Waals surface area contributed by atoms with Gasteiger partial charge in [-0.15, -0.1) is 0 Å². The van der Waals surface area contributed by atoms with Gasteiger partial charge in [0.1, 0.15) is 48.3 Å². The molecule has 0 heterocycles. The summed E-state index contributed by atoms with van der Waals surface area (Å²) in [6.45, 7) is 26.5. The lowest BCUT2D eigenvalue weighted by atomic mass is 9.90. The van der Waals surface area contributed by atoms with E-state index in [0.29, 0.717) is 25.7 Å². The third-order valence-electron chi connectivity index (χ3n) is 14.4. The number of aliphatic carboxylic acids is 1. The second-order valence-electron chi connectivity index (χ2n) is 21.3. The molecule has 0 rings (SSSR count). The Kier molecular flexibility index (Phi) is 28.4. The first-order chi connectivity index (χ1) is 33.2. The molecular formula is C52H95N9O11. The van der Waals surface area contributed by atoms with E-state index in [4.69, 9.17) is 5.73 Å². The summed E-state index contributed by atoms with van der Waals surface area (Å²) in [4.78, 5) is 144. The van der Waals surface area contributed by atoms with Crippen molar-refractivity contribution < 1.29 is 53.1 Å². The van der Waals surface area contributed by atoms with Crippen molar-refractivity contribution in [1.82, 2.24) is 40.4 Å². The average Bonchev–Trinajstić information content (AvgIpc) is 3.30. The fraction of sp³-hybridized carbons (Fsp3) is 0.808. The molecule has 72 heavy (non-hydrogen) atoms. The molecule has 0 aliphatic carbocycles. The van der Waals surface area contributed by atoms with Crippen molar-refractivity contribution in [3.05, 3.63) is 0 Å². The number of likely N-dealkylation sites (N-methyl/N-ethyl adjacent to an activating group) is 5. The van der Waals surface area contributed by atoms with Crippen LogP contribution in [-0.4, -0.2) is 172 Å². The molecule has 0 spiro atoms. The highest BCUT2D eigenvalue weighted by molar-refractivity contribution is 5.98. The van der Waals surface area contributed by atoms with Gasteiger partial charge in [0.2, 0.25) is 53.2 Å². The van der Waals surface area contributed by atoms with Crippen molar-refractivity contribution in [3.8, 4) is 0 Å². The molecule has 0 aromatic rings. The van der Waals surface area contributed by atoms with Gasteiger partial charge in [0.25, 0.3) is 0 Å². The minimum atomic E-state index is -1.16. The minimum absolute atomic E-state index is 0.100. The monoisotopic (exact) mass is 1020 g/mol. The lowest BCUT2D eigenvalue weighted by molar-refractivity contribution is -0.159. The van der Waals surface area contributed by atoms with Gasteiger partial charge in [-0.2, -0.15) is 0 Å². The van der Waals surface area contributed by atoms with Crippen LogP contribution in [0.2, 0.25) is 0 Å². The number of carboxylic acid groups (broad SMARTS) is 1. The molecule has 12 atom stereocenters. The van der Waals surface area contributed by atoms with Crippen molar-refractivity contribution in [2.45, 2.75) is 197 Å². The number of carbonyl (C=O) groups excluding carboxylic acids is 9. The Balaban J connectivity index is 7.14. The summed E-state index contributed by atoms with van der Waals surface area (Å²) in [5, 5.41) is 18.3. The zero-order chi connectivity index (χ0) is 56.4. The van der Waals surface area contributed by atoms with Gasteiger partial charge in [-0.25, -0.2) is 4.79 Å². The van der Waals surface area contributed by atoms with Crippen LogP contribution in [0.1, 0.15) is 149 Å². The first-order valence-electron chi connectivity index (χ1n) is 25.9. The average molecular weight is 1020 g/mol. The van der Waals surface area contributed by atoms with Gasteiger partial charge in [-0.1, -0.05) is 123 Å². The number of nitrogens with two attached hydrogens (primary N) is 1. The standard InChI is InChI=1S/C52H95N9O11/c1-21-31(11)40(49(68)59(18)42(32(12)22-2)50(69)60(19)43(33(13)23-3)51(70)61(20)44(52(71)72)34(14)24-4)56-46(65)41(30(9)10)58(17)47(66)37(27-28(5)6)57(16)48(67)39(29(7)8)55-45(64)36(54-35(15)62)25-26-38(53)63/h28-34,36-37,39-44H,21-27H2,1-20H3,(H2,53,63)(H,54,62)(H,55,64)(H,56,65)(H,71,72)/t31-,32-,33-,34-,36+,37-,39-,40-,41-,42-,43-,44-/m0/s1. The smallest absolute Gasteiger partial charge is 0.326 e. The predicted molar refractivity (Wildman–Crippen MR) is 277 cm³/mol. The minimum Gasteiger partial charge on any atom is -0.480 e. The molecule has 0 saturated heterocycles. The van der Waals surface area contributed by atoms with E-state index in [-0.39, 0.29) is 37.0 Å². The second-order valence-corrected chi connectivity index (χ2v) is 21.3. The zero-order valence-electron chi connectivity index (χ0n) is 47.5. The van der Waals surface area contributed by atoms with Crippen LogP contribution in [0.4, 0.5) is 0 Å². The lowest BCUT2D eigenvalue weighted by Gasteiger charge is -2.42. The Morgan fingerprint density at radius 1 is 0.472 bits per heavy atom. The molecule has 0 aromatic heterocycles. The Labute approximate surface area is 431 Å². The Morgan fingerprint density at radius 3 is 1.24 bits per heavy atom. The molecule has 0 aromatic carbocycles. The summed E-state index contributed by atoms with van der Waals surface area (Å²) in [6, 6.07) is -9.01. The molecular weight excluding hydrogens is 927 g/mol. The first-order valence-corrected chi connectivity index (χ1v) is 25.9. The zero-order valence-corrected chi connectivity index (χ0v) is 47.5. The molecule has 9 amide bonds. The predicted octanol–water partition coefficient (Wildman–Crippen LogP) is 3.49. The Hall–Kier alpha value is -5.30. The number of hydrogen-bond acceptors (Lipinski definition) is 10. The van der Waals surface area contributed by atoms with Crippen LogP contribution in [0.5, 0.6) is 0 Å². The maximum Gasteiger partial charge on any atom is 0.326 e. The molecule has 20 nitrogen and oxygen atoms in total. The van der Waals surface area contributed by atoms with Gasteiger partial charge in [-0.3, -0.25) is 43.2 Å². The van der Waals surface area contributed by atoms with Crippen LogP contribution in [-0.2, 0) is 47.9 Å². The highest BCUT2D eigenvalue weighted by Crippen LogP contribution is 2.26. The van der Waals surface area contributed by atoms with Gasteiger partial charge in [0.15, 0.2) is 0 Å². The SMILES string of the molecule is CC[C@H](C)[C@H](NC(=O)[C@H](C(C)C)N(C)C(=O)[C@H](CC(C)C)N(C)C(=O)[C@@H](NC(=O)[C@@H](CCC(N)=O)NC(C)=O)C(C)C)C(=O)N(C)[C@H](C(=O)N(C)[C@H](C(=O)N(C)[C@H](C(=O)O)[C@@H](C)CC)[C@@H](C)CC)[C@@H](C)CC. The van der Waals surface area contributed by atoms with Crippen LogP contribution >= 0.6 is 0 Å². The summed E-state index contributed by atoms with van der Waals surface area (Å²) in [7, 11) is 7.35. The molecule has 0 saturated carbocycles. The summed E-state index contributed by atoms with van der Waals surface area (Å²) < 4.78 is 0. The molecule has 0 bridgehead atoms. The van der Waals surface area contributed by atoms with E-state index in [0.717, 1.165) is 0 Å². The first kappa shape index (κ1) is 66.7. The number of hydrogen-bond donors (Lipinski definition) is 5. The molecule has 0 aliphatic heterocycles. The van der Waals surface area contributed by atoms with Crippen molar-refractivity contribution >= 4 is 59.1 Å². The number of rotatable bonds is 31. The summed E-state index contributed by atoms with van der Waals surface area (Å²) in [5.74, 6) is -9.23. The quantitative estimate of drug-likeness (QED) is 0.0671. The van der Waals surface area contributed by atoms with Crippen molar-refractivity contribution in [1.29, 1.82) is 0 Å². The van der Waals surface area contributed by atoms with Crippen LogP contribution in [0, 0.1) is 41.4 Å². The molecule has 0 unspecified atom stereocenters. The Morgan fingerprint density at radius 2 is 0.861 bits per heavy atom. The summed E-state index contributed by atoms with van der Waals surface area (Å²) in [5.41, 5.74) is 5.31. The van der Waals surface area contributed by atoms with Crippen LogP contribution < -0.4 is 21.7 Å². The normalized spacial score (nSPS) is 16.5. The Bertz CT molecular complexity index is 1860. The third-order valence-corrected chi connectivity index (χ3v) is 14.4. The van der Waals surface area contributed by atoms with Crippen molar-refractivity contribution in [3.63, 3.8) is 0 Å². The maximum atomic E-state index is 14.9. The van der Waals surface area contributed by atoms with Crippen LogP contribution in [0.15, 0.2) is 0 Å². The van der Waals surface area contributed by atoms with E-state index in [1.807, 2.05) is 55.4 Å². The van der Waals surface area contributed by atoms with E-state index in [1.54, 1.807) is 41.5 Å². The van der Waals surface area contributed by atoms with Gasteiger partial charge in [-0.05, 0) is 54.3 Å². The number of amides is 9. The number of nitrogens with zero attached hydrogens (tertiary/aromatic N) is 5. The largest absolute Gasteiger partial charge is 0.480 e. The van der Waals surface area contributed by atoms with Crippen LogP contribution in [0.25, 0.3) is 0 Å². The van der Waals surface area contributed by atoms with E-state index >= 15 is 0 Å². The van der Waals surface area contributed by atoms with E-state index < -0.39 is 131 Å². The van der Waals surface area contributed by atoms with Gasteiger partial charge >= 0.3 is 5.97 Å². The fourth-order valence-corrected chi connectivity index (χ4v) is 9.12. The molecule has 414 valence electrons. The highest BCUT2D eigenvalue weighted by atomic mass is 16.4. The molecule has 6 N–H and O–H groups in total. The van der Waals surface area contributed by atoms with Gasteiger partial charge in [0, 0.05) is 48.6 Å². The van der Waals surface area contributed by atoms with Crippen molar-refractivity contribution in [2.24, 2.45) is 47.2 Å². The van der Waals surface area contributed by atoms with E-state index in [1.165, 1.54) is 66.7 Å². The number of primary amides is 1. The topological polar surface area (TPSA) is 269 Å². The van der Waals surface area contributed by atoms with E-state index in [9.17, 15) is 53.1 Å². The van der Waals surface area contributed by atoms with E-state index in [2.05, 4.69) is 16.0 Å². The fourth-order valence-electron chi connectivity index (χ4n) is 9.12.